The van der Waals surface area contributed by atoms with E-state index >= 15 is 0 Å². The fourth-order valence-corrected chi connectivity index (χ4v) is 2.71. The summed E-state index contributed by atoms with van der Waals surface area (Å²) >= 11 is 0. The standard InChI is InChI=1S/C17H27N3O2/c1-11-7-8-13(12(18)9-11)19-14(21)15(22)20-17(5,6)10-16(2,3)4/h7-9H,10,18H2,1-6H3,(H,19,21)(H,20,22). The third kappa shape index (κ3) is 5.76. The fourth-order valence-electron chi connectivity index (χ4n) is 2.71. The van der Waals surface area contributed by atoms with Crippen molar-refractivity contribution in [3.63, 3.8) is 0 Å². The summed E-state index contributed by atoms with van der Waals surface area (Å²) < 4.78 is 0. The molecular formula is C17H27N3O2. The first kappa shape index (κ1) is 18.0. The molecular weight excluding hydrogens is 278 g/mol. The molecule has 0 radical (unpaired) electrons. The molecule has 4 N–H and O–H groups in total. The average molecular weight is 305 g/mol. The van der Waals surface area contributed by atoms with E-state index in [4.69, 9.17) is 5.73 Å². The first-order valence-corrected chi connectivity index (χ1v) is 7.39. The zero-order valence-corrected chi connectivity index (χ0v) is 14.3. The van der Waals surface area contributed by atoms with E-state index in [2.05, 4.69) is 31.4 Å². The molecule has 0 aromatic heterocycles. The maximum atomic E-state index is 12.1. The Morgan fingerprint density at radius 3 is 2.18 bits per heavy atom. The third-order valence-corrected chi connectivity index (χ3v) is 3.09. The van der Waals surface area contributed by atoms with Gasteiger partial charge in [-0.2, -0.15) is 0 Å². The molecule has 0 spiro atoms. The Balaban J connectivity index is 2.71. The zero-order chi connectivity index (χ0) is 17.1. The quantitative estimate of drug-likeness (QED) is 0.593. The Morgan fingerprint density at radius 1 is 1.09 bits per heavy atom. The molecule has 0 fully saturated rings. The Labute approximate surface area is 132 Å². The van der Waals surface area contributed by atoms with Gasteiger partial charge in [-0.3, -0.25) is 9.59 Å². The number of aryl methyl sites for hydroxylation is 1. The van der Waals surface area contributed by atoms with E-state index in [1.54, 1.807) is 12.1 Å². The first-order valence-electron chi connectivity index (χ1n) is 7.39. The van der Waals surface area contributed by atoms with Crippen LogP contribution in [0.4, 0.5) is 11.4 Å². The van der Waals surface area contributed by atoms with Crippen molar-refractivity contribution in [2.75, 3.05) is 11.1 Å². The summed E-state index contributed by atoms with van der Waals surface area (Å²) in [6.07, 6.45) is 0.756. The molecule has 5 nitrogen and oxygen atoms in total. The van der Waals surface area contributed by atoms with Gasteiger partial charge in [-0.15, -0.1) is 0 Å². The predicted octanol–water partition coefficient (Wildman–Crippen LogP) is 2.85. The monoisotopic (exact) mass is 305 g/mol. The van der Waals surface area contributed by atoms with Crippen LogP contribution in [0.25, 0.3) is 0 Å². The highest BCUT2D eigenvalue weighted by Crippen LogP contribution is 2.26. The van der Waals surface area contributed by atoms with E-state index in [0.717, 1.165) is 12.0 Å². The summed E-state index contributed by atoms with van der Waals surface area (Å²) in [4.78, 5) is 24.1. The second-order valence-corrected chi connectivity index (χ2v) is 7.62. The van der Waals surface area contributed by atoms with Gasteiger partial charge in [0.05, 0.1) is 11.4 Å². The Kier molecular flexibility index (Phi) is 5.22. The number of amides is 2. The van der Waals surface area contributed by atoms with Crippen molar-refractivity contribution in [1.29, 1.82) is 0 Å². The van der Waals surface area contributed by atoms with Crippen molar-refractivity contribution >= 4 is 23.2 Å². The van der Waals surface area contributed by atoms with Crippen LogP contribution in [-0.2, 0) is 9.59 Å². The highest BCUT2D eigenvalue weighted by Gasteiger charge is 2.29. The number of anilines is 2. The molecule has 0 saturated carbocycles. The molecule has 0 aliphatic heterocycles. The Bertz CT molecular complexity index is 572. The number of nitrogen functional groups attached to an aromatic ring is 1. The van der Waals surface area contributed by atoms with E-state index in [-0.39, 0.29) is 5.41 Å². The van der Waals surface area contributed by atoms with Crippen LogP contribution in [0.2, 0.25) is 0 Å². The highest BCUT2D eigenvalue weighted by molar-refractivity contribution is 6.40. The van der Waals surface area contributed by atoms with Crippen LogP contribution in [-0.4, -0.2) is 17.4 Å². The van der Waals surface area contributed by atoms with Gasteiger partial charge >= 0.3 is 11.8 Å². The summed E-state index contributed by atoms with van der Waals surface area (Å²) in [5.41, 5.74) is 7.29. The van der Waals surface area contributed by atoms with Crippen molar-refractivity contribution in [2.24, 2.45) is 5.41 Å². The molecule has 2 amide bonds. The minimum Gasteiger partial charge on any atom is -0.397 e. The van der Waals surface area contributed by atoms with Crippen molar-refractivity contribution < 1.29 is 9.59 Å². The number of hydrogen-bond acceptors (Lipinski definition) is 3. The number of benzene rings is 1. The lowest BCUT2D eigenvalue weighted by molar-refractivity contribution is -0.137. The Hall–Kier alpha value is -2.04. The van der Waals surface area contributed by atoms with Gasteiger partial charge in [0.15, 0.2) is 0 Å². The lowest BCUT2D eigenvalue weighted by Crippen LogP contribution is -2.49. The molecule has 0 bridgehead atoms. The normalized spacial score (nSPS) is 11.9. The van der Waals surface area contributed by atoms with Gasteiger partial charge in [0.25, 0.3) is 0 Å². The lowest BCUT2D eigenvalue weighted by atomic mass is 9.82. The van der Waals surface area contributed by atoms with E-state index < -0.39 is 17.4 Å². The molecule has 0 heterocycles. The molecule has 22 heavy (non-hydrogen) atoms. The number of nitrogens with two attached hydrogens (primary N) is 1. The van der Waals surface area contributed by atoms with Gasteiger partial charge in [0.2, 0.25) is 0 Å². The number of carbonyl (C=O) groups excluding carboxylic acids is 2. The van der Waals surface area contributed by atoms with Gasteiger partial charge in [0.1, 0.15) is 0 Å². The highest BCUT2D eigenvalue weighted by atomic mass is 16.2. The average Bonchev–Trinajstić information content (AvgIpc) is 2.28. The molecule has 0 aliphatic carbocycles. The predicted molar refractivity (Wildman–Crippen MR) is 90.5 cm³/mol. The minimum atomic E-state index is -0.711. The maximum Gasteiger partial charge on any atom is 0.313 e. The molecule has 0 unspecified atom stereocenters. The summed E-state index contributed by atoms with van der Waals surface area (Å²) in [7, 11) is 0. The van der Waals surface area contributed by atoms with Gasteiger partial charge < -0.3 is 16.4 Å². The zero-order valence-electron chi connectivity index (χ0n) is 14.3. The molecule has 1 aromatic carbocycles. The lowest BCUT2D eigenvalue weighted by Gasteiger charge is -2.33. The summed E-state index contributed by atoms with van der Waals surface area (Å²) in [6, 6.07) is 5.26. The van der Waals surface area contributed by atoms with E-state index in [1.807, 2.05) is 26.8 Å². The van der Waals surface area contributed by atoms with Crippen molar-refractivity contribution in [1.82, 2.24) is 5.32 Å². The molecule has 1 aromatic rings. The van der Waals surface area contributed by atoms with Crippen LogP contribution in [0.5, 0.6) is 0 Å². The van der Waals surface area contributed by atoms with Gasteiger partial charge in [-0.05, 0) is 50.3 Å². The first-order chi connectivity index (χ1) is 9.89. The molecule has 5 heteroatoms. The largest absolute Gasteiger partial charge is 0.397 e. The van der Waals surface area contributed by atoms with Crippen LogP contribution in [0.3, 0.4) is 0 Å². The fraction of sp³-hybridized carbons (Fsp3) is 0.529. The van der Waals surface area contributed by atoms with Gasteiger partial charge in [-0.25, -0.2) is 0 Å². The van der Waals surface area contributed by atoms with Crippen LogP contribution in [0, 0.1) is 12.3 Å². The number of hydrogen-bond donors (Lipinski definition) is 3. The second-order valence-electron chi connectivity index (χ2n) is 7.62. The maximum absolute atomic E-state index is 12.1. The minimum absolute atomic E-state index is 0.0502. The summed E-state index contributed by atoms with van der Waals surface area (Å²) in [6.45, 7) is 12.0. The molecule has 122 valence electrons. The number of carbonyl (C=O) groups is 2. The summed E-state index contributed by atoms with van der Waals surface area (Å²) in [5.74, 6) is -1.37. The van der Waals surface area contributed by atoms with Crippen LogP contribution < -0.4 is 16.4 Å². The SMILES string of the molecule is Cc1ccc(NC(=O)C(=O)NC(C)(C)CC(C)(C)C)c(N)c1. The van der Waals surface area contributed by atoms with Crippen LogP contribution in [0.15, 0.2) is 18.2 Å². The number of nitrogens with one attached hydrogen (secondary N) is 2. The Morgan fingerprint density at radius 2 is 1.68 bits per heavy atom. The summed E-state index contributed by atoms with van der Waals surface area (Å²) in [5, 5.41) is 5.32. The molecule has 0 saturated heterocycles. The molecule has 0 aliphatic rings. The van der Waals surface area contributed by atoms with E-state index in [1.165, 1.54) is 0 Å². The van der Waals surface area contributed by atoms with Crippen molar-refractivity contribution in [2.45, 2.75) is 53.5 Å². The van der Waals surface area contributed by atoms with Crippen LogP contribution in [0.1, 0.15) is 46.6 Å². The van der Waals surface area contributed by atoms with Crippen LogP contribution >= 0.6 is 0 Å². The van der Waals surface area contributed by atoms with Crippen molar-refractivity contribution in [3.05, 3.63) is 23.8 Å². The van der Waals surface area contributed by atoms with E-state index in [9.17, 15) is 9.59 Å². The second kappa shape index (κ2) is 6.38. The van der Waals surface area contributed by atoms with Gasteiger partial charge in [0, 0.05) is 5.54 Å². The third-order valence-electron chi connectivity index (χ3n) is 3.09. The van der Waals surface area contributed by atoms with Crippen molar-refractivity contribution in [3.8, 4) is 0 Å². The number of rotatable bonds is 3. The molecule has 0 atom stereocenters. The van der Waals surface area contributed by atoms with Gasteiger partial charge in [-0.1, -0.05) is 26.8 Å². The smallest absolute Gasteiger partial charge is 0.313 e. The topological polar surface area (TPSA) is 84.2 Å². The van der Waals surface area contributed by atoms with E-state index in [0.29, 0.717) is 11.4 Å². The molecule has 1 rings (SSSR count).